The van der Waals surface area contributed by atoms with Crippen LogP contribution in [0, 0.1) is 30.1 Å². The molecule has 4 fully saturated rings. The number of benzene rings is 1. The minimum absolute atomic E-state index is 0.715. The van der Waals surface area contributed by atoms with Crippen LogP contribution in [0.5, 0.6) is 0 Å². The number of nitrogens with one attached hydrogen (secondary N) is 1. The average molecular weight is 269 g/mol. The van der Waals surface area contributed by atoms with Crippen molar-refractivity contribution in [3.8, 4) is 0 Å². The van der Waals surface area contributed by atoms with Gasteiger partial charge >= 0.3 is 0 Å². The van der Waals surface area contributed by atoms with Gasteiger partial charge in [0.15, 0.2) is 0 Å². The maximum Gasteiger partial charge on any atom is 0.0340 e. The molecule has 1 aromatic carbocycles. The first-order valence-electron chi connectivity index (χ1n) is 8.51. The molecule has 0 aliphatic heterocycles. The summed E-state index contributed by atoms with van der Waals surface area (Å²) in [5.74, 6) is 3.25. The summed E-state index contributed by atoms with van der Waals surface area (Å²) in [7, 11) is 0. The summed E-state index contributed by atoms with van der Waals surface area (Å²) >= 11 is 0. The topological polar surface area (TPSA) is 12.0 Å². The van der Waals surface area contributed by atoms with E-state index in [-0.39, 0.29) is 0 Å². The Balaban J connectivity index is 1.36. The molecule has 1 nitrogen and oxygen atoms in total. The molecule has 0 heterocycles. The Morgan fingerprint density at radius 2 is 1.50 bits per heavy atom. The molecule has 0 amide bonds. The van der Waals surface area contributed by atoms with E-state index in [9.17, 15) is 0 Å². The van der Waals surface area contributed by atoms with E-state index in [1.54, 1.807) is 19.3 Å². The van der Waals surface area contributed by atoms with E-state index in [0.29, 0.717) is 5.41 Å². The summed E-state index contributed by atoms with van der Waals surface area (Å²) < 4.78 is 0. The van der Waals surface area contributed by atoms with E-state index in [1.165, 1.54) is 36.9 Å². The van der Waals surface area contributed by atoms with Crippen molar-refractivity contribution in [1.29, 1.82) is 0 Å². The van der Waals surface area contributed by atoms with Gasteiger partial charge in [-0.2, -0.15) is 0 Å². The zero-order valence-electron chi connectivity index (χ0n) is 12.7. The number of aryl methyl sites for hydroxylation is 1. The lowest BCUT2D eigenvalue weighted by Crippen LogP contribution is -2.46. The Morgan fingerprint density at radius 3 is 2.05 bits per heavy atom. The van der Waals surface area contributed by atoms with Crippen LogP contribution in [0.4, 0.5) is 5.69 Å². The van der Waals surface area contributed by atoms with E-state index in [0.717, 1.165) is 24.3 Å². The third kappa shape index (κ3) is 2.36. The van der Waals surface area contributed by atoms with Crippen LogP contribution in [0.2, 0.25) is 0 Å². The molecular weight excluding hydrogens is 242 g/mol. The predicted molar refractivity (Wildman–Crippen MR) is 84.9 cm³/mol. The SMILES string of the molecule is Cc1ccc(NCCC23CC4CC(CC(C4)C2)C3)cc1. The number of rotatable bonds is 4. The van der Waals surface area contributed by atoms with Crippen molar-refractivity contribution in [2.24, 2.45) is 23.2 Å². The van der Waals surface area contributed by atoms with E-state index in [4.69, 9.17) is 0 Å². The summed E-state index contributed by atoms with van der Waals surface area (Å²) in [6.45, 7) is 3.31. The summed E-state index contributed by atoms with van der Waals surface area (Å²) in [6, 6.07) is 8.84. The number of anilines is 1. The molecule has 0 aromatic heterocycles. The fraction of sp³-hybridized carbons (Fsp3) is 0.684. The molecule has 1 aromatic rings. The highest BCUT2D eigenvalue weighted by molar-refractivity contribution is 5.44. The van der Waals surface area contributed by atoms with Crippen molar-refractivity contribution in [2.45, 2.75) is 51.9 Å². The van der Waals surface area contributed by atoms with E-state index in [1.807, 2.05) is 0 Å². The molecule has 0 radical (unpaired) electrons. The lowest BCUT2D eigenvalue weighted by Gasteiger charge is -2.57. The van der Waals surface area contributed by atoms with Gasteiger partial charge in [0.1, 0.15) is 0 Å². The van der Waals surface area contributed by atoms with Crippen molar-refractivity contribution >= 4 is 5.69 Å². The summed E-state index contributed by atoms with van der Waals surface area (Å²) in [5.41, 5.74) is 3.35. The second-order valence-corrected chi connectivity index (χ2v) is 7.96. The fourth-order valence-corrected chi connectivity index (χ4v) is 5.74. The number of hydrogen-bond donors (Lipinski definition) is 1. The third-order valence-corrected chi connectivity index (χ3v) is 6.20. The van der Waals surface area contributed by atoms with Crippen molar-refractivity contribution in [3.63, 3.8) is 0 Å². The highest BCUT2D eigenvalue weighted by atomic mass is 14.9. The molecule has 0 unspecified atom stereocenters. The quantitative estimate of drug-likeness (QED) is 0.810. The first-order chi connectivity index (χ1) is 9.71. The first-order valence-corrected chi connectivity index (χ1v) is 8.51. The summed E-state index contributed by atoms with van der Waals surface area (Å²) in [6.07, 6.45) is 10.7. The third-order valence-electron chi connectivity index (χ3n) is 6.20. The molecule has 5 rings (SSSR count). The molecule has 1 heteroatoms. The largest absolute Gasteiger partial charge is 0.385 e. The zero-order chi connectivity index (χ0) is 13.6. The Bertz CT molecular complexity index is 438. The van der Waals surface area contributed by atoms with Gasteiger partial charge in [0.05, 0.1) is 0 Å². The van der Waals surface area contributed by atoms with Crippen LogP contribution < -0.4 is 5.32 Å². The van der Waals surface area contributed by atoms with Crippen LogP contribution in [-0.4, -0.2) is 6.54 Å². The lowest BCUT2D eigenvalue weighted by atomic mass is 9.49. The summed E-state index contributed by atoms with van der Waals surface area (Å²) in [4.78, 5) is 0. The van der Waals surface area contributed by atoms with Gasteiger partial charge < -0.3 is 5.32 Å². The van der Waals surface area contributed by atoms with Crippen molar-refractivity contribution < 1.29 is 0 Å². The fourth-order valence-electron chi connectivity index (χ4n) is 5.74. The molecule has 1 N–H and O–H groups in total. The van der Waals surface area contributed by atoms with Crippen LogP contribution in [0.3, 0.4) is 0 Å². The Kier molecular flexibility index (Phi) is 3.05. The van der Waals surface area contributed by atoms with Crippen LogP contribution in [-0.2, 0) is 0 Å². The van der Waals surface area contributed by atoms with Crippen molar-refractivity contribution in [1.82, 2.24) is 0 Å². The molecule has 20 heavy (non-hydrogen) atoms. The predicted octanol–water partition coefficient (Wildman–Crippen LogP) is 5.01. The average Bonchev–Trinajstić information content (AvgIpc) is 2.39. The van der Waals surface area contributed by atoms with Gasteiger partial charge in [-0.15, -0.1) is 0 Å². The normalized spacial score (nSPS) is 38.1. The molecular formula is C19H27N. The summed E-state index contributed by atoms with van der Waals surface area (Å²) in [5, 5.41) is 3.65. The monoisotopic (exact) mass is 269 g/mol. The molecule has 4 aliphatic carbocycles. The van der Waals surface area contributed by atoms with Crippen molar-refractivity contribution in [3.05, 3.63) is 29.8 Å². The highest BCUT2D eigenvalue weighted by Gasteiger charge is 2.50. The van der Waals surface area contributed by atoms with E-state index >= 15 is 0 Å². The Labute approximate surface area is 123 Å². The van der Waals surface area contributed by atoms with Gasteiger partial charge in [-0.05, 0) is 87.2 Å². The van der Waals surface area contributed by atoms with Crippen LogP contribution in [0.25, 0.3) is 0 Å². The Morgan fingerprint density at radius 1 is 0.950 bits per heavy atom. The van der Waals surface area contributed by atoms with Gasteiger partial charge in [-0.3, -0.25) is 0 Å². The first kappa shape index (κ1) is 12.7. The van der Waals surface area contributed by atoms with Crippen LogP contribution in [0.15, 0.2) is 24.3 Å². The molecule has 108 valence electrons. The van der Waals surface area contributed by atoms with Gasteiger partial charge in [0.25, 0.3) is 0 Å². The minimum Gasteiger partial charge on any atom is -0.385 e. The smallest absolute Gasteiger partial charge is 0.0340 e. The van der Waals surface area contributed by atoms with Crippen molar-refractivity contribution in [2.75, 3.05) is 11.9 Å². The van der Waals surface area contributed by atoms with Crippen LogP contribution >= 0.6 is 0 Å². The van der Waals surface area contributed by atoms with Gasteiger partial charge in [0.2, 0.25) is 0 Å². The Hall–Kier alpha value is -0.980. The molecule has 4 aliphatic rings. The zero-order valence-corrected chi connectivity index (χ0v) is 12.7. The maximum atomic E-state index is 3.65. The second kappa shape index (κ2) is 4.79. The lowest BCUT2D eigenvalue weighted by molar-refractivity contribution is -0.0552. The maximum absolute atomic E-state index is 3.65. The van der Waals surface area contributed by atoms with E-state index in [2.05, 4.69) is 36.5 Å². The van der Waals surface area contributed by atoms with Crippen LogP contribution in [0.1, 0.15) is 50.5 Å². The molecule has 0 spiro atoms. The molecule has 0 atom stereocenters. The minimum atomic E-state index is 0.715. The van der Waals surface area contributed by atoms with Gasteiger partial charge in [0, 0.05) is 12.2 Å². The molecule has 0 saturated heterocycles. The van der Waals surface area contributed by atoms with E-state index < -0.39 is 0 Å². The van der Waals surface area contributed by atoms with Gasteiger partial charge in [-0.25, -0.2) is 0 Å². The standard InChI is InChI=1S/C19H27N/c1-14-2-4-18(5-3-14)20-7-6-19-11-15-8-16(12-19)10-17(9-15)13-19/h2-5,15-17,20H,6-13H2,1H3. The molecule has 4 bridgehead atoms. The number of hydrogen-bond acceptors (Lipinski definition) is 1. The highest BCUT2D eigenvalue weighted by Crippen LogP contribution is 2.61. The molecule has 4 saturated carbocycles. The second-order valence-electron chi connectivity index (χ2n) is 7.96. The van der Waals surface area contributed by atoms with Gasteiger partial charge in [-0.1, -0.05) is 17.7 Å².